The molecule has 0 atom stereocenters. The minimum atomic E-state index is -0.199. The number of nitrogens with one attached hydrogen (secondary N) is 1. The van der Waals surface area contributed by atoms with Crippen molar-refractivity contribution in [3.8, 4) is 0 Å². The van der Waals surface area contributed by atoms with Gasteiger partial charge in [0, 0.05) is 37.4 Å². The molecule has 0 bridgehead atoms. The smallest absolute Gasteiger partial charge is 0.133 e. The molecule has 0 spiro atoms. The number of benzene rings is 1. The lowest BCUT2D eigenvalue weighted by Gasteiger charge is -2.20. The van der Waals surface area contributed by atoms with Gasteiger partial charge in [-0.1, -0.05) is 12.1 Å². The Kier molecular flexibility index (Phi) is 3.19. The van der Waals surface area contributed by atoms with E-state index in [1.54, 1.807) is 0 Å². The highest BCUT2D eigenvalue weighted by atomic mass is 19.1. The van der Waals surface area contributed by atoms with Gasteiger partial charge in [0.25, 0.3) is 0 Å². The molecule has 1 aliphatic carbocycles. The third-order valence-corrected chi connectivity index (χ3v) is 4.25. The zero-order valence-electron chi connectivity index (χ0n) is 11.9. The van der Waals surface area contributed by atoms with E-state index in [0.717, 1.165) is 30.9 Å². The Labute approximate surface area is 123 Å². The average Bonchev–Trinajstić information content (AvgIpc) is 3.33. The molecule has 108 valence electrons. The van der Waals surface area contributed by atoms with Crippen LogP contribution in [-0.2, 0) is 19.4 Å². The molecule has 1 aliphatic heterocycles. The molecule has 0 amide bonds. The van der Waals surface area contributed by atoms with Gasteiger partial charge in [-0.2, -0.15) is 0 Å². The summed E-state index contributed by atoms with van der Waals surface area (Å²) in [5.41, 5.74) is 4.85. The Balaban J connectivity index is 1.68. The van der Waals surface area contributed by atoms with Crippen molar-refractivity contribution in [2.24, 2.45) is 0 Å². The van der Waals surface area contributed by atoms with Crippen LogP contribution in [0.2, 0.25) is 0 Å². The number of rotatable bonds is 3. The van der Waals surface area contributed by atoms with Gasteiger partial charge in [-0.05, 0) is 30.5 Å². The van der Waals surface area contributed by atoms with Crippen LogP contribution in [0.5, 0.6) is 0 Å². The van der Waals surface area contributed by atoms with Crippen LogP contribution in [-0.4, -0.2) is 16.5 Å². The van der Waals surface area contributed by atoms with E-state index in [9.17, 15) is 4.39 Å². The summed E-state index contributed by atoms with van der Waals surface area (Å²) in [4.78, 5) is 9.58. The van der Waals surface area contributed by atoms with Crippen LogP contribution >= 0.6 is 0 Å². The summed E-state index contributed by atoms with van der Waals surface area (Å²) in [6.07, 6.45) is 4.16. The van der Waals surface area contributed by atoms with E-state index in [0.29, 0.717) is 12.3 Å². The largest absolute Gasteiger partial charge is 0.312 e. The Hall–Kier alpha value is -1.81. The van der Waals surface area contributed by atoms with Crippen molar-refractivity contribution in [2.75, 3.05) is 6.54 Å². The Morgan fingerprint density at radius 1 is 1.14 bits per heavy atom. The molecule has 2 aromatic rings. The second-order valence-corrected chi connectivity index (χ2v) is 5.95. The zero-order valence-corrected chi connectivity index (χ0v) is 11.9. The average molecular weight is 283 g/mol. The van der Waals surface area contributed by atoms with Gasteiger partial charge in [-0.15, -0.1) is 0 Å². The Morgan fingerprint density at radius 3 is 2.71 bits per heavy atom. The molecular formula is C17H18FN3. The maximum absolute atomic E-state index is 13.0. The fourth-order valence-electron chi connectivity index (χ4n) is 2.98. The molecule has 4 rings (SSSR count). The lowest BCUT2D eigenvalue weighted by molar-refractivity contribution is 0.610. The monoisotopic (exact) mass is 283 g/mol. The van der Waals surface area contributed by atoms with Gasteiger partial charge < -0.3 is 5.32 Å². The SMILES string of the molecule is Fc1ccc(Cc2nc3c(c(C4CC4)n2)CNCC3)cc1. The predicted molar refractivity (Wildman–Crippen MR) is 78.6 cm³/mol. The molecule has 0 radical (unpaired) electrons. The van der Waals surface area contributed by atoms with Gasteiger partial charge in [0.05, 0.1) is 11.4 Å². The minimum Gasteiger partial charge on any atom is -0.312 e. The van der Waals surface area contributed by atoms with E-state index in [-0.39, 0.29) is 5.82 Å². The van der Waals surface area contributed by atoms with Crippen molar-refractivity contribution < 1.29 is 4.39 Å². The molecule has 0 saturated heterocycles. The van der Waals surface area contributed by atoms with Crippen molar-refractivity contribution in [3.05, 3.63) is 58.4 Å². The lowest BCUT2D eigenvalue weighted by atomic mass is 10.0. The first-order valence-corrected chi connectivity index (χ1v) is 7.63. The minimum absolute atomic E-state index is 0.199. The highest BCUT2D eigenvalue weighted by Crippen LogP contribution is 2.41. The van der Waals surface area contributed by atoms with Gasteiger partial charge in [0.15, 0.2) is 0 Å². The maximum Gasteiger partial charge on any atom is 0.133 e. The number of halogens is 1. The summed E-state index contributed by atoms with van der Waals surface area (Å²) in [6, 6.07) is 6.63. The van der Waals surface area contributed by atoms with Gasteiger partial charge in [0.1, 0.15) is 11.6 Å². The van der Waals surface area contributed by atoms with E-state index in [2.05, 4.69) is 5.32 Å². The molecule has 1 N–H and O–H groups in total. The van der Waals surface area contributed by atoms with Gasteiger partial charge >= 0.3 is 0 Å². The van der Waals surface area contributed by atoms with Crippen LogP contribution in [0.15, 0.2) is 24.3 Å². The van der Waals surface area contributed by atoms with Crippen molar-refractivity contribution in [2.45, 2.75) is 38.1 Å². The lowest BCUT2D eigenvalue weighted by Crippen LogP contribution is -2.27. The second-order valence-electron chi connectivity index (χ2n) is 5.95. The highest BCUT2D eigenvalue weighted by Gasteiger charge is 2.30. The summed E-state index contributed by atoms with van der Waals surface area (Å²) in [7, 11) is 0. The highest BCUT2D eigenvalue weighted by molar-refractivity contribution is 5.34. The topological polar surface area (TPSA) is 37.8 Å². The zero-order chi connectivity index (χ0) is 14.2. The van der Waals surface area contributed by atoms with E-state index >= 15 is 0 Å². The van der Waals surface area contributed by atoms with Crippen LogP contribution in [0, 0.1) is 5.82 Å². The summed E-state index contributed by atoms with van der Waals surface area (Å²) in [5, 5.41) is 3.42. The van der Waals surface area contributed by atoms with Crippen molar-refractivity contribution in [1.82, 2.24) is 15.3 Å². The summed E-state index contributed by atoms with van der Waals surface area (Å²) in [6.45, 7) is 1.89. The van der Waals surface area contributed by atoms with E-state index in [1.165, 1.54) is 41.9 Å². The molecule has 2 heterocycles. The van der Waals surface area contributed by atoms with E-state index < -0.39 is 0 Å². The molecule has 4 heteroatoms. The fraction of sp³-hybridized carbons (Fsp3) is 0.412. The molecule has 1 aromatic heterocycles. The van der Waals surface area contributed by atoms with Crippen molar-refractivity contribution >= 4 is 0 Å². The Morgan fingerprint density at radius 2 is 1.95 bits per heavy atom. The number of fused-ring (bicyclic) bond motifs is 1. The molecule has 1 saturated carbocycles. The van der Waals surface area contributed by atoms with Crippen LogP contribution in [0.3, 0.4) is 0 Å². The number of hydrogen-bond acceptors (Lipinski definition) is 3. The van der Waals surface area contributed by atoms with Gasteiger partial charge in [0.2, 0.25) is 0 Å². The van der Waals surface area contributed by atoms with Crippen LogP contribution in [0.4, 0.5) is 4.39 Å². The molecule has 1 fully saturated rings. The molecular weight excluding hydrogens is 265 g/mol. The first-order valence-electron chi connectivity index (χ1n) is 7.63. The summed E-state index contributed by atoms with van der Waals surface area (Å²) in [5.74, 6) is 1.31. The number of aromatic nitrogens is 2. The molecule has 2 aliphatic rings. The fourth-order valence-corrected chi connectivity index (χ4v) is 2.98. The Bertz CT molecular complexity index is 662. The van der Waals surface area contributed by atoms with Crippen molar-refractivity contribution in [3.63, 3.8) is 0 Å². The van der Waals surface area contributed by atoms with E-state index in [1.807, 2.05) is 12.1 Å². The quantitative estimate of drug-likeness (QED) is 0.941. The van der Waals surface area contributed by atoms with E-state index in [4.69, 9.17) is 9.97 Å². The summed E-state index contributed by atoms with van der Waals surface area (Å²) < 4.78 is 13.0. The third kappa shape index (κ3) is 2.68. The number of nitrogens with zero attached hydrogens (tertiary/aromatic N) is 2. The number of hydrogen-bond donors (Lipinski definition) is 1. The van der Waals surface area contributed by atoms with Gasteiger partial charge in [-0.3, -0.25) is 0 Å². The van der Waals surface area contributed by atoms with Crippen molar-refractivity contribution in [1.29, 1.82) is 0 Å². The van der Waals surface area contributed by atoms with Gasteiger partial charge in [-0.25, -0.2) is 14.4 Å². The third-order valence-electron chi connectivity index (χ3n) is 4.25. The predicted octanol–water partition coefficient (Wildman–Crippen LogP) is 2.73. The normalized spacial score (nSPS) is 17.6. The first-order chi connectivity index (χ1) is 10.3. The van der Waals surface area contributed by atoms with Crippen LogP contribution < -0.4 is 5.32 Å². The molecule has 21 heavy (non-hydrogen) atoms. The first kappa shape index (κ1) is 12.9. The molecule has 3 nitrogen and oxygen atoms in total. The molecule has 1 aromatic carbocycles. The summed E-state index contributed by atoms with van der Waals surface area (Å²) >= 11 is 0. The molecule has 0 unspecified atom stereocenters. The second kappa shape index (κ2) is 5.19. The van der Waals surface area contributed by atoms with Crippen LogP contribution in [0.25, 0.3) is 0 Å². The standard InChI is InChI=1S/C17H18FN3/c18-13-5-1-11(2-6-13)9-16-20-15-7-8-19-10-14(15)17(21-16)12-3-4-12/h1-2,5-6,12,19H,3-4,7-10H2. The maximum atomic E-state index is 13.0. The van der Waals surface area contributed by atoms with Crippen LogP contribution in [0.1, 0.15) is 47.1 Å².